The molecule has 0 aliphatic carbocycles. The molecule has 3 aromatic rings. The van der Waals surface area contributed by atoms with Gasteiger partial charge in [-0.05, 0) is 23.8 Å². The van der Waals surface area contributed by atoms with Crippen LogP contribution in [0.4, 0.5) is 17.6 Å². The molecule has 0 bridgehead atoms. The van der Waals surface area contributed by atoms with Gasteiger partial charge in [0.25, 0.3) is 0 Å². The van der Waals surface area contributed by atoms with Crippen LogP contribution in [0.15, 0.2) is 47.9 Å². The summed E-state index contributed by atoms with van der Waals surface area (Å²) in [7, 11) is 0. The Morgan fingerprint density at radius 1 is 1.07 bits per heavy atom. The summed E-state index contributed by atoms with van der Waals surface area (Å²) in [4.78, 5) is 4.22. The predicted octanol–water partition coefficient (Wildman–Crippen LogP) is 5.00. The van der Waals surface area contributed by atoms with Gasteiger partial charge >= 0.3 is 0 Å². The van der Waals surface area contributed by atoms with E-state index in [1.54, 1.807) is 4.68 Å². The fourth-order valence-corrected chi connectivity index (χ4v) is 4.04. The molecule has 0 spiro atoms. The average Bonchev–Trinajstić information content (AvgIpc) is 3.21. The first-order valence-electron chi connectivity index (χ1n) is 8.93. The van der Waals surface area contributed by atoms with Crippen LogP contribution in [0.1, 0.15) is 31.1 Å². The van der Waals surface area contributed by atoms with Crippen LogP contribution in [0.2, 0.25) is 0 Å². The number of thioether (sulfide) groups is 1. The van der Waals surface area contributed by atoms with E-state index in [0.717, 1.165) is 24.3 Å². The van der Waals surface area contributed by atoms with Crippen molar-refractivity contribution in [3.8, 4) is 0 Å². The topological polar surface area (TPSA) is 43.2 Å². The second kappa shape index (κ2) is 7.46. The molecular weight excluding hydrogens is 406 g/mol. The number of nitrogens with zero attached hydrogens (tertiary/aromatic N) is 3. The molecule has 4 nitrogen and oxygen atoms in total. The van der Waals surface area contributed by atoms with Gasteiger partial charge in [0, 0.05) is 16.9 Å². The summed E-state index contributed by atoms with van der Waals surface area (Å²) < 4.78 is 62.6. The van der Waals surface area contributed by atoms with E-state index in [2.05, 4.69) is 10.1 Å². The minimum atomic E-state index is -1.19. The molecule has 0 radical (unpaired) electrons. The summed E-state index contributed by atoms with van der Waals surface area (Å²) in [6.07, 6.45) is 0.577. The number of hydrogen-bond donors (Lipinski definition) is 0. The van der Waals surface area contributed by atoms with E-state index in [0.29, 0.717) is 10.7 Å². The Morgan fingerprint density at radius 2 is 1.86 bits per heavy atom. The molecule has 2 atom stereocenters. The summed E-state index contributed by atoms with van der Waals surface area (Å²) in [5.74, 6) is -3.51. The zero-order valence-electron chi connectivity index (χ0n) is 15.6. The summed E-state index contributed by atoms with van der Waals surface area (Å²) in [6, 6.07) is 6.61. The van der Waals surface area contributed by atoms with Crippen molar-refractivity contribution in [1.82, 2.24) is 14.8 Å². The van der Waals surface area contributed by atoms with Gasteiger partial charge in [-0.3, -0.25) is 0 Å². The number of epoxide rings is 1. The van der Waals surface area contributed by atoms with Gasteiger partial charge in [0.1, 0.15) is 29.7 Å². The quantitative estimate of drug-likeness (QED) is 0.318. The molecule has 0 saturated carbocycles. The lowest BCUT2D eigenvalue weighted by atomic mass is 9.91. The Labute approximate surface area is 168 Å². The highest BCUT2D eigenvalue weighted by Crippen LogP contribution is 2.58. The molecule has 152 valence electrons. The molecule has 2 heterocycles. The third kappa shape index (κ3) is 3.76. The van der Waals surface area contributed by atoms with E-state index in [-0.39, 0.29) is 17.4 Å². The number of aromatic nitrogens is 3. The highest BCUT2D eigenvalue weighted by atomic mass is 32.2. The van der Waals surface area contributed by atoms with Crippen LogP contribution in [0.3, 0.4) is 0 Å². The third-order valence-electron chi connectivity index (χ3n) is 4.65. The summed E-state index contributed by atoms with van der Waals surface area (Å²) in [5.41, 5.74) is -0.719. The normalized spacial score (nSPS) is 21.0. The first-order valence-corrected chi connectivity index (χ1v) is 9.81. The number of ether oxygens (including phenoxy) is 1. The Morgan fingerprint density at radius 3 is 2.55 bits per heavy atom. The molecule has 0 amide bonds. The van der Waals surface area contributed by atoms with Crippen LogP contribution in [0, 0.1) is 23.3 Å². The van der Waals surface area contributed by atoms with Gasteiger partial charge in [0.2, 0.25) is 0 Å². The van der Waals surface area contributed by atoms with Crippen molar-refractivity contribution in [1.29, 1.82) is 0 Å². The highest BCUT2D eigenvalue weighted by Gasteiger charge is 2.60. The van der Waals surface area contributed by atoms with Crippen molar-refractivity contribution in [2.75, 3.05) is 0 Å². The lowest BCUT2D eigenvalue weighted by molar-refractivity contribution is 0.255. The average molecular weight is 423 g/mol. The van der Waals surface area contributed by atoms with Gasteiger partial charge in [-0.1, -0.05) is 37.7 Å². The number of benzene rings is 2. The minimum Gasteiger partial charge on any atom is -0.354 e. The maximum Gasteiger partial charge on any atom is 0.186 e. The van der Waals surface area contributed by atoms with Gasteiger partial charge in [-0.15, -0.1) is 0 Å². The summed E-state index contributed by atoms with van der Waals surface area (Å²) in [5, 5.41) is 5.07. The van der Waals surface area contributed by atoms with Gasteiger partial charge in [0.05, 0.1) is 6.54 Å². The Kier molecular flexibility index (Phi) is 5.12. The lowest BCUT2D eigenvalue weighted by Crippen LogP contribution is -2.21. The van der Waals surface area contributed by atoms with E-state index in [1.165, 1.54) is 30.2 Å². The summed E-state index contributed by atoms with van der Waals surface area (Å²) in [6.45, 7) is 4.10. The maximum absolute atomic E-state index is 14.4. The molecule has 2 aromatic carbocycles. The number of halogens is 4. The minimum absolute atomic E-state index is 0.106. The Bertz CT molecular complexity index is 1060. The van der Waals surface area contributed by atoms with Crippen molar-refractivity contribution in [3.05, 3.63) is 77.1 Å². The van der Waals surface area contributed by atoms with E-state index >= 15 is 0 Å². The van der Waals surface area contributed by atoms with Crippen molar-refractivity contribution in [2.24, 2.45) is 0 Å². The van der Waals surface area contributed by atoms with Crippen LogP contribution in [0.5, 0.6) is 0 Å². The molecule has 29 heavy (non-hydrogen) atoms. The highest BCUT2D eigenvalue weighted by molar-refractivity contribution is 7.99. The predicted molar refractivity (Wildman–Crippen MR) is 99.2 cm³/mol. The van der Waals surface area contributed by atoms with Crippen molar-refractivity contribution < 1.29 is 22.3 Å². The first-order chi connectivity index (χ1) is 13.8. The zero-order chi connectivity index (χ0) is 20.8. The van der Waals surface area contributed by atoms with Crippen LogP contribution in [0.25, 0.3) is 0 Å². The molecule has 1 saturated heterocycles. The fraction of sp³-hybridized carbons (Fsp3) is 0.300. The standard InChI is InChI=1S/C20H17F4N3OS/c1-11(2)29-19-25-10-26-27(19)9-20(12-3-6-15(22)17(24)7-12)18(28-20)14-5-4-13(21)8-16(14)23/h3-8,10-11,18H,9H2,1-2H3. The van der Waals surface area contributed by atoms with Gasteiger partial charge in [-0.25, -0.2) is 27.2 Å². The van der Waals surface area contributed by atoms with Gasteiger partial charge in [-0.2, -0.15) is 5.10 Å². The van der Waals surface area contributed by atoms with E-state index < -0.39 is 35.0 Å². The largest absolute Gasteiger partial charge is 0.354 e. The summed E-state index contributed by atoms with van der Waals surface area (Å²) >= 11 is 1.48. The van der Waals surface area contributed by atoms with Crippen LogP contribution in [-0.4, -0.2) is 20.0 Å². The molecule has 1 aliphatic heterocycles. The molecule has 4 rings (SSSR count). The lowest BCUT2D eigenvalue weighted by Gasteiger charge is -2.16. The second-order valence-electron chi connectivity index (χ2n) is 7.05. The van der Waals surface area contributed by atoms with Gasteiger partial charge in [0.15, 0.2) is 16.8 Å². The molecular formula is C20H17F4N3OS. The van der Waals surface area contributed by atoms with Crippen LogP contribution < -0.4 is 0 Å². The molecule has 1 aromatic heterocycles. The molecule has 9 heteroatoms. The van der Waals surface area contributed by atoms with Gasteiger partial charge < -0.3 is 4.74 Å². The van der Waals surface area contributed by atoms with Crippen LogP contribution in [-0.2, 0) is 16.9 Å². The van der Waals surface area contributed by atoms with E-state index in [9.17, 15) is 17.6 Å². The SMILES string of the molecule is CC(C)Sc1ncnn1CC1(c2ccc(F)c(F)c2)OC1c1ccc(F)cc1F. The monoisotopic (exact) mass is 423 g/mol. The van der Waals surface area contributed by atoms with E-state index in [4.69, 9.17) is 4.74 Å². The fourth-order valence-electron chi connectivity index (χ4n) is 3.28. The van der Waals surface area contributed by atoms with Crippen LogP contribution >= 0.6 is 11.8 Å². The number of rotatable bonds is 6. The molecule has 1 fully saturated rings. The zero-order valence-corrected chi connectivity index (χ0v) is 16.4. The molecule has 1 aliphatic rings. The van der Waals surface area contributed by atoms with Crippen molar-refractivity contribution in [2.45, 2.75) is 42.5 Å². The molecule has 0 N–H and O–H groups in total. The van der Waals surface area contributed by atoms with Crippen molar-refractivity contribution >= 4 is 11.8 Å². The number of hydrogen-bond acceptors (Lipinski definition) is 4. The Hall–Kier alpha value is -2.39. The maximum atomic E-state index is 14.4. The first kappa shape index (κ1) is 19.9. The third-order valence-corrected chi connectivity index (χ3v) is 5.65. The Balaban J connectivity index is 1.75. The van der Waals surface area contributed by atoms with Crippen molar-refractivity contribution in [3.63, 3.8) is 0 Å². The second-order valence-corrected chi connectivity index (χ2v) is 8.59. The molecule has 2 unspecified atom stereocenters. The smallest absolute Gasteiger partial charge is 0.186 e. The van der Waals surface area contributed by atoms with E-state index in [1.807, 2.05) is 13.8 Å².